The van der Waals surface area contributed by atoms with Gasteiger partial charge in [-0.3, -0.25) is 29.6 Å². The number of allylic oxidation sites excluding steroid dienone is 1. The van der Waals surface area contributed by atoms with Gasteiger partial charge in [0.05, 0.1) is 44.4 Å². The molecule has 218 valence electrons. The molecule has 0 fully saturated rings. The summed E-state index contributed by atoms with van der Waals surface area (Å²) in [7, 11) is 0. The highest BCUT2D eigenvalue weighted by molar-refractivity contribution is 7.07. The molecule has 3 aromatic carbocycles. The molecule has 0 amide bonds. The summed E-state index contributed by atoms with van der Waals surface area (Å²) < 4.78 is 12.8. The van der Waals surface area contributed by atoms with Gasteiger partial charge in [0.1, 0.15) is 5.75 Å². The van der Waals surface area contributed by atoms with E-state index in [1.54, 1.807) is 68.5 Å². The average Bonchev–Trinajstić information content (AvgIpc) is 3.27. The number of carbonyl (C=O) groups is 1. The van der Waals surface area contributed by atoms with Gasteiger partial charge in [-0.15, -0.1) is 0 Å². The summed E-state index contributed by atoms with van der Waals surface area (Å²) in [6.45, 7) is 3.49. The van der Waals surface area contributed by atoms with Gasteiger partial charge < -0.3 is 9.47 Å². The van der Waals surface area contributed by atoms with Crippen LogP contribution in [0.2, 0.25) is 5.02 Å². The standard InChI is InChI=1S/C29H21ClN4O8S/c1-3-41-28(36)25-16(2)31-29-32(26(25)17-8-10-19(30)11-9-17)27(35)24(43-29)14-18-6-4-5-7-22(18)42-23-13-12-20(33(37)38)15-21(23)34(39)40/h4-15,26H,3H2,1-2H3/b24-14-/t26-/m0/s1. The highest BCUT2D eigenvalue weighted by Crippen LogP contribution is 2.36. The average molecular weight is 621 g/mol. The number of nitro benzene ring substituents is 2. The molecule has 0 saturated carbocycles. The number of hydrogen-bond acceptors (Lipinski definition) is 10. The summed E-state index contributed by atoms with van der Waals surface area (Å²) >= 11 is 7.20. The lowest BCUT2D eigenvalue weighted by Gasteiger charge is -2.24. The van der Waals surface area contributed by atoms with Gasteiger partial charge >= 0.3 is 11.7 Å². The van der Waals surface area contributed by atoms with Crippen molar-refractivity contribution in [3.8, 4) is 11.5 Å². The first-order chi connectivity index (χ1) is 20.6. The second-order valence-electron chi connectivity index (χ2n) is 9.16. The Balaban J connectivity index is 1.64. The Kier molecular flexibility index (Phi) is 8.19. The number of benzene rings is 3. The van der Waals surface area contributed by atoms with Crippen molar-refractivity contribution >= 4 is 46.4 Å². The lowest BCUT2D eigenvalue weighted by Crippen LogP contribution is -2.39. The fourth-order valence-corrected chi connectivity index (χ4v) is 5.72. The van der Waals surface area contributed by atoms with Crippen LogP contribution in [0, 0.1) is 20.2 Å². The van der Waals surface area contributed by atoms with E-state index in [2.05, 4.69) is 4.99 Å². The molecule has 1 aliphatic rings. The van der Waals surface area contributed by atoms with Gasteiger partial charge in [-0.1, -0.05) is 53.3 Å². The minimum atomic E-state index is -0.830. The van der Waals surface area contributed by atoms with Crippen molar-refractivity contribution in [3.63, 3.8) is 0 Å². The van der Waals surface area contributed by atoms with Gasteiger partial charge in [0.2, 0.25) is 5.75 Å². The highest BCUT2D eigenvalue weighted by atomic mass is 35.5. The number of aromatic nitrogens is 1. The monoisotopic (exact) mass is 620 g/mol. The molecule has 14 heteroatoms. The van der Waals surface area contributed by atoms with Crippen LogP contribution in [-0.4, -0.2) is 27.0 Å². The van der Waals surface area contributed by atoms with E-state index >= 15 is 0 Å². The van der Waals surface area contributed by atoms with Crippen LogP contribution in [-0.2, 0) is 9.53 Å². The minimum absolute atomic E-state index is 0.136. The number of rotatable bonds is 8. The van der Waals surface area contributed by atoms with Gasteiger partial charge in [-0.25, -0.2) is 9.79 Å². The zero-order valence-corrected chi connectivity index (χ0v) is 24.1. The molecule has 0 radical (unpaired) electrons. The first-order valence-electron chi connectivity index (χ1n) is 12.7. The topological polar surface area (TPSA) is 156 Å². The molecular formula is C29H21ClN4O8S. The van der Waals surface area contributed by atoms with E-state index < -0.39 is 38.8 Å². The van der Waals surface area contributed by atoms with Gasteiger partial charge in [-0.05, 0) is 49.8 Å². The number of ether oxygens (including phenoxy) is 2. The van der Waals surface area contributed by atoms with Crippen LogP contribution in [0.5, 0.6) is 11.5 Å². The summed E-state index contributed by atoms with van der Waals surface area (Å²) in [6.07, 6.45) is 1.55. The first kappa shape index (κ1) is 29.4. The largest absolute Gasteiger partial charge is 0.463 e. The maximum Gasteiger partial charge on any atom is 0.338 e. The Morgan fingerprint density at radius 1 is 1.07 bits per heavy atom. The van der Waals surface area contributed by atoms with E-state index in [0.717, 1.165) is 29.5 Å². The van der Waals surface area contributed by atoms with E-state index in [1.807, 2.05) is 0 Å². The second-order valence-corrected chi connectivity index (χ2v) is 10.6. The van der Waals surface area contributed by atoms with Crippen molar-refractivity contribution in [1.82, 2.24) is 4.57 Å². The smallest absolute Gasteiger partial charge is 0.338 e. The summed E-state index contributed by atoms with van der Waals surface area (Å²) in [4.78, 5) is 53.1. The Bertz CT molecular complexity index is 2000. The van der Waals surface area contributed by atoms with E-state index in [4.69, 9.17) is 21.1 Å². The van der Waals surface area contributed by atoms with Crippen molar-refractivity contribution < 1.29 is 24.1 Å². The molecule has 1 aliphatic heterocycles. The Morgan fingerprint density at radius 3 is 2.47 bits per heavy atom. The quantitative estimate of drug-likeness (QED) is 0.150. The van der Waals surface area contributed by atoms with Gasteiger partial charge in [0.15, 0.2) is 4.80 Å². The molecule has 1 atom stereocenters. The molecular weight excluding hydrogens is 600 g/mol. The van der Waals surface area contributed by atoms with E-state index in [0.29, 0.717) is 26.6 Å². The SMILES string of the molecule is CCOC(=O)C1=C(C)N=c2s/c(=C\c3ccccc3Oc3ccc([N+](=O)[O-])cc3[N+](=O)[O-])c(=O)n2[C@H]1c1ccc(Cl)cc1. The number of carbonyl (C=O) groups excluding carboxylic acids is 1. The molecule has 0 saturated heterocycles. The molecule has 1 aromatic heterocycles. The minimum Gasteiger partial charge on any atom is -0.463 e. The van der Waals surface area contributed by atoms with Crippen LogP contribution in [0.3, 0.4) is 0 Å². The number of para-hydroxylation sites is 1. The Morgan fingerprint density at radius 2 is 1.79 bits per heavy atom. The van der Waals surface area contributed by atoms with Crippen molar-refractivity contribution in [2.75, 3.05) is 6.61 Å². The lowest BCUT2D eigenvalue weighted by molar-refractivity contribution is -0.394. The molecule has 0 spiro atoms. The predicted octanol–water partition coefficient (Wildman–Crippen LogP) is 5.06. The van der Waals surface area contributed by atoms with Gasteiger partial charge in [0.25, 0.3) is 11.2 Å². The Hall–Kier alpha value is -5.14. The molecule has 4 aromatic rings. The number of fused-ring (bicyclic) bond motifs is 1. The molecule has 43 heavy (non-hydrogen) atoms. The van der Waals surface area contributed by atoms with Crippen LogP contribution in [0.25, 0.3) is 6.08 Å². The molecule has 0 unspecified atom stereocenters. The van der Waals surface area contributed by atoms with Crippen LogP contribution >= 0.6 is 22.9 Å². The first-order valence-corrected chi connectivity index (χ1v) is 13.9. The van der Waals surface area contributed by atoms with Gasteiger partial charge in [0, 0.05) is 16.7 Å². The third-order valence-electron chi connectivity index (χ3n) is 6.48. The number of halogens is 1. The molecule has 0 bridgehead atoms. The fraction of sp³-hybridized carbons (Fsp3) is 0.138. The molecule has 0 N–H and O–H groups in total. The number of nitro groups is 2. The molecule has 5 rings (SSSR count). The summed E-state index contributed by atoms with van der Waals surface area (Å²) in [5.41, 5.74) is 0.176. The van der Waals surface area contributed by atoms with Crippen LogP contribution in [0.1, 0.15) is 31.0 Å². The lowest BCUT2D eigenvalue weighted by atomic mass is 9.96. The van der Waals surface area contributed by atoms with E-state index in [1.165, 1.54) is 4.57 Å². The van der Waals surface area contributed by atoms with Crippen molar-refractivity contribution in [1.29, 1.82) is 0 Å². The Labute approximate surface area is 251 Å². The van der Waals surface area contributed by atoms with Crippen molar-refractivity contribution in [3.05, 3.63) is 134 Å². The molecule has 0 aliphatic carbocycles. The normalized spacial score (nSPS) is 14.6. The molecule has 2 heterocycles. The van der Waals surface area contributed by atoms with Crippen molar-refractivity contribution in [2.24, 2.45) is 4.99 Å². The highest BCUT2D eigenvalue weighted by Gasteiger charge is 2.33. The third-order valence-corrected chi connectivity index (χ3v) is 7.71. The fourth-order valence-electron chi connectivity index (χ4n) is 4.55. The third kappa shape index (κ3) is 5.80. The van der Waals surface area contributed by atoms with Crippen LogP contribution < -0.4 is 19.6 Å². The van der Waals surface area contributed by atoms with Crippen LogP contribution in [0.4, 0.5) is 11.4 Å². The number of non-ortho nitro benzene ring substituents is 1. The van der Waals surface area contributed by atoms with Crippen molar-refractivity contribution in [2.45, 2.75) is 19.9 Å². The number of hydrogen-bond donors (Lipinski definition) is 0. The number of nitrogens with zero attached hydrogens (tertiary/aromatic N) is 4. The molecule has 12 nitrogen and oxygen atoms in total. The van der Waals surface area contributed by atoms with Gasteiger partial charge in [-0.2, -0.15) is 0 Å². The van der Waals surface area contributed by atoms with Crippen LogP contribution in [0.15, 0.2) is 87.8 Å². The number of esters is 1. The number of thiazole rings is 1. The second kappa shape index (κ2) is 12.0. The summed E-state index contributed by atoms with van der Waals surface area (Å²) in [5, 5.41) is 23.2. The zero-order valence-electron chi connectivity index (χ0n) is 22.6. The maximum atomic E-state index is 13.9. The maximum absolute atomic E-state index is 13.9. The van der Waals surface area contributed by atoms with E-state index in [9.17, 15) is 29.8 Å². The van der Waals surface area contributed by atoms with E-state index in [-0.39, 0.29) is 28.2 Å². The summed E-state index contributed by atoms with van der Waals surface area (Å²) in [6, 6.07) is 15.5. The summed E-state index contributed by atoms with van der Waals surface area (Å²) in [5.74, 6) is -0.639. The predicted molar refractivity (Wildman–Crippen MR) is 158 cm³/mol. The zero-order chi connectivity index (χ0) is 30.8.